The second-order valence-electron chi connectivity index (χ2n) is 4.37. The Kier molecular flexibility index (Phi) is 3.84. The summed E-state index contributed by atoms with van der Waals surface area (Å²) in [5, 5.41) is 8.24. The molecule has 0 amide bonds. The summed E-state index contributed by atoms with van der Waals surface area (Å²) in [5.74, 6) is 0.604. The van der Waals surface area contributed by atoms with Crippen molar-refractivity contribution in [3.8, 4) is 0 Å². The fourth-order valence-corrected chi connectivity index (χ4v) is 2.28. The number of nitrogens with zero attached hydrogens (tertiary/aromatic N) is 1. The first-order valence-electron chi connectivity index (χ1n) is 5.78. The molecule has 0 unspecified atom stereocenters. The lowest BCUT2D eigenvalue weighted by atomic mass is 10.1. The summed E-state index contributed by atoms with van der Waals surface area (Å²) < 4.78 is 6.44. The van der Waals surface area contributed by atoms with E-state index in [2.05, 4.69) is 46.8 Å². The first-order valence-corrected chi connectivity index (χ1v) is 6.57. The van der Waals surface area contributed by atoms with Gasteiger partial charge in [-0.1, -0.05) is 15.9 Å². The van der Waals surface area contributed by atoms with Crippen molar-refractivity contribution in [2.75, 3.05) is 26.3 Å². The van der Waals surface area contributed by atoms with Crippen LogP contribution in [0.5, 0.6) is 0 Å². The van der Waals surface area contributed by atoms with Gasteiger partial charge in [-0.25, -0.2) is 0 Å². The van der Waals surface area contributed by atoms with Crippen LogP contribution < -0.4 is 0 Å². The molecule has 1 aromatic rings. The monoisotopic (exact) mass is 296 g/mol. The summed E-state index contributed by atoms with van der Waals surface area (Å²) in [6, 6.07) is 4.13. The fourth-order valence-electron chi connectivity index (χ4n) is 2.05. The number of morpholine rings is 1. The minimum atomic E-state index is 0.604. The zero-order valence-corrected chi connectivity index (χ0v) is 11.8. The van der Waals surface area contributed by atoms with Crippen LogP contribution in [-0.2, 0) is 4.74 Å². The highest BCUT2D eigenvalue weighted by Crippen LogP contribution is 2.23. The average molecular weight is 297 g/mol. The maximum absolute atomic E-state index is 8.24. The van der Waals surface area contributed by atoms with Gasteiger partial charge in [0, 0.05) is 23.1 Å². The molecule has 0 aromatic heterocycles. The van der Waals surface area contributed by atoms with Crippen LogP contribution in [0, 0.1) is 19.3 Å². The van der Waals surface area contributed by atoms with E-state index in [1.54, 1.807) is 0 Å². The lowest BCUT2D eigenvalue weighted by Crippen LogP contribution is -2.40. The smallest absolute Gasteiger partial charge is 0.128 e. The van der Waals surface area contributed by atoms with Crippen LogP contribution in [0.3, 0.4) is 0 Å². The lowest BCUT2D eigenvalue weighted by Gasteiger charge is -2.29. The van der Waals surface area contributed by atoms with Gasteiger partial charge in [-0.05, 0) is 37.1 Å². The number of halogens is 1. The molecule has 1 heterocycles. The van der Waals surface area contributed by atoms with Gasteiger partial charge in [-0.2, -0.15) is 0 Å². The van der Waals surface area contributed by atoms with Crippen LogP contribution in [0.1, 0.15) is 16.7 Å². The Balaban J connectivity index is 2.24. The maximum atomic E-state index is 8.24. The van der Waals surface area contributed by atoms with Gasteiger partial charge in [0.25, 0.3) is 0 Å². The number of amidine groups is 1. The van der Waals surface area contributed by atoms with E-state index in [9.17, 15) is 0 Å². The molecular formula is C13H17BrN2O. The molecule has 0 bridgehead atoms. The molecule has 17 heavy (non-hydrogen) atoms. The average Bonchev–Trinajstić information content (AvgIpc) is 2.35. The summed E-state index contributed by atoms with van der Waals surface area (Å²) in [6.45, 7) is 7.19. The Hall–Kier alpha value is -0.870. The molecule has 1 aliphatic rings. The van der Waals surface area contributed by atoms with E-state index < -0.39 is 0 Å². The summed E-state index contributed by atoms with van der Waals surface area (Å²) in [5.41, 5.74) is 3.35. The predicted molar refractivity (Wildman–Crippen MR) is 72.8 cm³/mol. The summed E-state index contributed by atoms with van der Waals surface area (Å²) in [6.07, 6.45) is 0. The predicted octanol–water partition coefficient (Wildman–Crippen LogP) is 2.72. The van der Waals surface area contributed by atoms with Gasteiger partial charge in [0.05, 0.1) is 13.2 Å². The number of hydrogen-bond donors (Lipinski definition) is 1. The van der Waals surface area contributed by atoms with Crippen LogP contribution in [-0.4, -0.2) is 37.0 Å². The molecule has 1 fully saturated rings. The Morgan fingerprint density at radius 3 is 2.29 bits per heavy atom. The van der Waals surface area contributed by atoms with Gasteiger partial charge in [0.15, 0.2) is 0 Å². The van der Waals surface area contributed by atoms with Crippen LogP contribution in [0.15, 0.2) is 16.6 Å². The van der Waals surface area contributed by atoms with Crippen molar-refractivity contribution in [3.63, 3.8) is 0 Å². The Morgan fingerprint density at radius 1 is 1.24 bits per heavy atom. The second kappa shape index (κ2) is 5.19. The molecule has 1 aromatic carbocycles. The highest BCUT2D eigenvalue weighted by atomic mass is 79.9. The van der Waals surface area contributed by atoms with Crippen molar-refractivity contribution in [2.24, 2.45) is 0 Å². The van der Waals surface area contributed by atoms with Crippen LogP contribution in [0.4, 0.5) is 0 Å². The SMILES string of the molecule is Cc1cc(C(=N)N2CCOCC2)cc(C)c1Br. The topological polar surface area (TPSA) is 36.3 Å². The molecule has 0 saturated carbocycles. The van der Waals surface area contributed by atoms with E-state index in [0.29, 0.717) is 5.84 Å². The first-order chi connectivity index (χ1) is 8.09. The van der Waals surface area contributed by atoms with Crippen molar-refractivity contribution < 1.29 is 4.74 Å². The third-order valence-electron chi connectivity index (χ3n) is 3.04. The van der Waals surface area contributed by atoms with Gasteiger partial charge in [0.1, 0.15) is 5.84 Å². The number of hydrogen-bond acceptors (Lipinski definition) is 2. The third kappa shape index (κ3) is 2.69. The van der Waals surface area contributed by atoms with E-state index in [1.165, 1.54) is 11.1 Å². The third-order valence-corrected chi connectivity index (χ3v) is 4.29. The van der Waals surface area contributed by atoms with Crippen molar-refractivity contribution >= 4 is 21.8 Å². The van der Waals surface area contributed by atoms with Gasteiger partial charge in [-0.3, -0.25) is 5.41 Å². The van der Waals surface area contributed by atoms with Crippen LogP contribution in [0.25, 0.3) is 0 Å². The van der Waals surface area contributed by atoms with Gasteiger partial charge >= 0.3 is 0 Å². The number of aryl methyl sites for hydroxylation is 2. The van der Waals surface area contributed by atoms with E-state index in [-0.39, 0.29) is 0 Å². The Morgan fingerprint density at radius 2 is 1.76 bits per heavy atom. The molecule has 1 saturated heterocycles. The number of ether oxygens (including phenoxy) is 1. The van der Waals surface area contributed by atoms with E-state index >= 15 is 0 Å². The Bertz CT molecular complexity index is 416. The van der Waals surface area contributed by atoms with Crippen molar-refractivity contribution in [1.29, 1.82) is 5.41 Å². The zero-order valence-electron chi connectivity index (χ0n) is 10.2. The minimum Gasteiger partial charge on any atom is -0.378 e. The molecule has 2 rings (SSSR count). The summed E-state index contributed by atoms with van der Waals surface area (Å²) >= 11 is 3.55. The molecule has 92 valence electrons. The normalized spacial score (nSPS) is 16.1. The Labute approximate surface area is 110 Å². The van der Waals surface area contributed by atoms with Crippen molar-refractivity contribution in [1.82, 2.24) is 4.90 Å². The van der Waals surface area contributed by atoms with Crippen LogP contribution >= 0.6 is 15.9 Å². The molecule has 1 N–H and O–H groups in total. The van der Waals surface area contributed by atoms with Gasteiger partial charge < -0.3 is 9.64 Å². The summed E-state index contributed by atoms with van der Waals surface area (Å²) in [4.78, 5) is 2.08. The van der Waals surface area contributed by atoms with Gasteiger partial charge in [-0.15, -0.1) is 0 Å². The molecule has 0 atom stereocenters. The maximum Gasteiger partial charge on any atom is 0.128 e. The molecule has 4 heteroatoms. The van der Waals surface area contributed by atoms with Crippen molar-refractivity contribution in [3.05, 3.63) is 33.3 Å². The van der Waals surface area contributed by atoms with E-state index in [0.717, 1.165) is 36.3 Å². The van der Waals surface area contributed by atoms with Crippen molar-refractivity contribution in [2.45, 2.75) is 13.8 Å². The van der Waals surface area contributed by atoms with E-state index in [4.69, 9.17) is 10.1 Å². The second-order valence-corrected chi connectivity index (χ2v) is 5.17. The van der Waals surface area contributed by atoms with Gasteiger partial charge in [0.2, 0.25) is 0 Å². The van der Waals surface area contributed by atoms with Crippen LogP contribution in [0.2, 0.25) is 0 Å². The number of benzene rings is 1. The lowest BCUT2D eigenvalue weighted by molar-refractivity contribution is 0.0680. The molecule has 1 aliphatic heterocycles. The highest BCUT2D eigenvalue weighted by molar-refractivity contribution is 9.10. The summed E-state index contributed by atoms with van der Waals surface area (Å²) in [7, 11) is 0. The molecule has 0 aliphatic carbocycles. The molecule has 0 radical (unpaired) electrons. The number of nitrogens with one attached hydrogen (secondary N) is 1. The minimum absolute atomic E-state index is 0.604. The number of rotatable bonds is 1. The standard InChI is InChI=1S/C13H17BrN2O/c1-9-7-11(8-10(2)12(9)14)13(15)16-3-5-17-6-4-16/h7-8,15H,3-6H2,1-2H3. The molecular weight excluding hydrogens is 280 g/mol. The zero-order chi connectivity index (χ0) is 12.4. The first kappa shape index (κ1) is 12.6. The highest BCUT2D eigenvalue weighted by Gasteiger charge is 2.16. The quantitative estimate of drug-likeness (QED) is 0.639. The molecule has 3 nitrogen and oxygen atoms in total. The molecule has 0 spiro atoms. The van der Waals surface area contributed by atoms with E-state index in [1.807, 2.05) is 0 Å². The fraction of sp³-hybridized carbons (Fsp3) is 0.462. The largest absolute Gasteiger partial charge is 0.378 e.